The van der Waals surface area contributed by atoms with Crippen LogP contribution in [0.4, 0.5) is 0 Å². The highest BCUT2D eigenvalue weighted by atomic mass is 32.2. The molecule has 2 aliphatic heterocycles. The van der Waals surface area contributed by atoms with Crippen molar-refractivity contribution in [3.63, 3.8) is 0 Å². The van der Waals surface area contributed by atoms with Crippen LogP contribution < -0.4 is 9.46 Å². The number of carbonyl (C=O) groups is 2. The van der Waals surface area contributed by atoms with Gasteiger partial charge in [0.05, 0.1) is 61.8 Å². The molecule has 3 fully saturated rings. The van der Waals surface area contributed by atoms with Gasteiger partial charge in [0, 0.05) is 35.1 Å². The largest absolute Gasteiger partial charge is 0.497 e. The van der Waals surface area contributed by atoms with Crippen molar-refractivity contribution < 1.29 is 27.5 Å². The quantitative estimate of drug-likeness (QED) is 0.196. The van der Waals surface area contributed by atoms with Crippen molar-refractivity contribution in [2.24, 2.45) is 5.92 Å². The highest BCUT2D eigenvalue weighted by Gasteiger charge is 2.34. The maximum absolute atomic E-state index is 14.3. The number of morpholine rings is 1. The summed E-state index contributed by atoms with van der Waals surface area (Å²) in [4.78, 5) is 29.7. The van der Waals surface area contributed by atoms with E-state index in [0.29, 0.717) is 44.3 Å². The zero-order chi connectivity index (χ0) is 36.9. The molecule has 1 N–H and O–H groups in total. The van der Waals surface area contributed by atoms with E-state index < -0.39 is 15.9 Å². The van der Waals surface area contributed by atoms with E-state index in [-0.39, 0.29) is 29.2 Å². The van der Waals surface area contributed by atoms with Crippen molar-refractivity contribution in [1.82, 2.24) is 24.0 Å². The molecule has 12 heteroatoms. The van der Waals surface area contributed by atoms with Gasteiger partial charge in [-0.25, -0.2) is 13.1 Å². The van der Waals surface area contributed by atoms with Gasteiger partial charge in [0.1, 0.15) is 5.75 Å². The minimum absolute atomic E-state index is 0.0491. The summed E-state index contributed by atoms with van der Waals surface area (Å²) in [6.07, 6.45) is 12.7. The van der Waals surface area contributed by atoms with E-state index in [2.05, 4.69) is 32.2 Å². The van der Waals surface area contributed by atoms with Crippen LogP contribution >= 0.6 is 0 Å². The molecule has 2 aromatic heterocycles. The predicted molar refractivity (Wildman–Crippen MR) is 206 cm³/mol. The summed E-state index contributed by atoms with van der Waals surface area (Å²) in [5.41, 5.74) is 7.89. The van der Waals surface area contributed by atoms with E-state index in [9.17, 15) is 18.0 Å². The first-order chi connectivity index (χ1) is 25.6. The number of amides is 2. The summed E-state index contributed by atoms with van der Waals surface area (Å²) in [5, 5.41) is 5.96. The highest BCUT2D eigenvalue weighted by Crippen LogP contribution is 2.48. The Bertz CT molecular complexity index is 2200. The predicted octanol–water partition coefficient (Wildman–Crippen LogP) is 7.03. The lowest BCUT2D eigenvalue weighted by molar-refractivity contribution is 0.0302. The summed E-state index contributed by atoms with van der Waals surface area (Å²) >= 11 is 0. The first-order valence-corrected chi connectivity index (χ1v) is 20.8. The molecule has 4 heterocycles. The molecule has 4 aromatic rings. The second kappa shape index (κ2) is 14.4. The van der Waals surface area contributed by atoms with Gasteiger partial charge in [-0.15, -0.1) is 0 Å². The van der Waals surface area contributed by atoms with Gasteiger partial charge in [-0.05, 0) is 97.0 Å². The lowest BCUT2D eigenvalue weighted by Crippen LogP contribution is -2.41. The standard InChI is InChI=1S/C41H49N5O6S/c1-26(2)25-53(49,50)43-40(47)28-12-14-34-36(22-28)45-24-30(38-35(23-42-46(38)31-10-7-11-31)41(48)44-16-18-52-19-17-44)20-29-21-32(51-3)13-15-33(29)39(45)37(34)27-8-5-4-6-9-27/h12-15,20-23,26-27,31H,4-11,16-19,24-25H2,1-3H3,(H,43,47). The number of rotatable bonds is 9. The molecular formula is C41H49N5O6S. The molecule has 0 atom stereocenters. The van der Waals surface area contributed by atoms with Crippen LogP contribution in [-0.4, -0.2) is 78.6 Å². The number of sulfonamides is 1. The number of fused-ring (bicyclic) bond motifs is 5. The fraction of sp³-hybridized carbons (Fsp3) is 0.488. The van der Waals surface area contributed by atoms with Gasteiger partial charge in [0.15, 0.2) is 0 Å². The van der Waals surface area contributed by atoms with Crippen LogP contribution in [0.5, 0.6) is 5.75 Å². The van der Waals surface area contributed by atoms with E-state index in [1.54, 1.807) is 19.4 Å². The van der Waals surface area contributed by atoms with Gasteiger partial charge >= 0.3 is 0 Å². The molecule has 8 rings (SSSR count). The lowest BCUT2D eigenvalue weighted by atomic mass is 9.81. The van der Waals surface area contributed by atoms with Crippen LogP contribution in [0, 0.1) is 5.92 Å². The monoisotopic (exact) mass is 739 g/mol. The molecule has 2 saturated carbocycles. The van der Waals surface area contributed by atoms with E-state index in [1.165, 1.54) is 12.0 Å². The maximum Gasteiger partial charge on any atom is 0.264 e. The summed E-state index contributed by atoms with van der Waals surface area (Å²) < 4.78 is 43.7. The Kier molecular flexibility index (Phi) is 9.69. The minimum Gasteiger partial charge on any atom is -0.497 e. The van der Waals surface area contributed by atoms with E-state index in [1.807, 2.05) is 36.9 Å². The van der Waals surface area contributed by atoms with Crippen LogP contribution in [0.15, 0.2) is 42.6 Å². The molecule has 4 aliphatic rings. The first-order valence-electron chi connectivity index (χ1n) is 19.2. The molecule has 0 radical (unpaired) electrons. The molecule has 280 valence electrons. The highest BCUT2D eigenvalue weighted by molar-refractivity contribution is 7.90. The second-order valence-electron chi connectivity index (χ2n) is 15.5. The Balaban J connectivity index is 1.34. The number of ether oxygens (including phenoxy) is 2. The third-order valence-corrected chi connectivity index (χ3v) is 13.0. The Labute approximate surface area is 311 Å². The van der Waals surface area contributed by atoms with Gasteiger partial charge in [-0.3, -0.25) is 14.3 Å². The number of nitrogens with one attached hydrogen (secondary N) is 1. The fourth-order valence-electron chi connectivity index (χ4n) is 8.69. The van der Waals surface area contributed by atoms with Crippen LogP contribution in [0.1, 0.15) is 115 Å². The van der Waals surface area contributed by atoms with Gasteiger partial charge < -0.3 is 18.9 Å². The topological polar surface area (TPSA) is 125 Å². The zero-order valence-corrected chi connectivity index (χ0v) is 31.7. The van der Waals surface area contributed by atoms with Crippen molar-refractivity contribution >= 4 is 44.4 Å². The lowest BCUT2D eigenvalue weighted by Gasteiger charge is -2.30. The molecular weight excluding hydrogens is 691 g/mol. The average molecular weight is 740 g/mol. The molecule has 2 aromatic carbocycles. The first kappa shape index (κ1) is 35.6. The Morgan fingerprint density at radius 2 is 1.75 bits per heavy atom. The van der Waals surface area contributed by atoms with E-state index in [4.69, 9.17) is 14.6 Å². The third kappa shape index (κ3) is 6.80. The molecule has 1 saturated heterocycles. The smallest absolute Gasteiger partial charge is 0.264 e. The number of nitrogens with zero attached hydrogens (tertiary/aromatic N) is 4. The maximum atomic E-state index is 14.3. The number of methoxy groups -OCH3 is 1. The Morgan fingerprint density at radius 3 is 2.45 bits per heavy atom. The van der Waals surface area contributed by atoms with E-state index in [0.717, 1.165) is 89.7 Å². The normalized spacial score (nSPS) is 18.3. The van der Waals surface area contributed by atoms with Gasteiger partial charge in [-0.2, -0.15) is 5.10 Å². The summed E-state index contributed by atoms with van der Waals surface area (Å²) in [6.45, 7) is 6.12. The molecule has 0 spiro atoms. The summed E-state index contributed by atoms with van der Waals surface area (Å²) in [5.74, 6) is 0.109. The van der Waals surface area contributed by atoms with Crippen LogP contribution in [0.25, 0.3) is 33.8 Å². The summed E-state index contributed by atoms with van der Waals surface area (Å²) in [6, 6.07) is 12.0. The van der Waals surface area contributed by atoms with Crippen molar-refractivity contribution in [3.8, 4) is 17.0 Å². The Morgan fingerprint density at radius 1 is 0.981 bits per heavy atom. The number of carbonyl (C=O) groups excluding carboxylic acids is 2. The van der Waals surface area contributed by atoms with Crippen LogP contribution in [0.3, 0.4) is 0 Å². The number of hydrogen-bond donors (Lipinski definition) is 1. The molecule has 0 unspecified atom stereocenters. The van der Waals surface area contributed by atoms with E-state index >= 15 is 0 Å². The minimum atomic E-state index is -3.81. The van der Waals surface area contributed by atoms with Crippen molar-refractivity contribution in [2.75, 3.05) is 39.2 Å². The van der Waals surface area contributed by atoms with Crippen molar-refractivity contribution in [1.29, 1.82) is 0 Å². The second-order valence-corrected chi connectivity index (χ2v) is 17.3. The van der Waals surface area contributed by atoms with Crippen molar-refractivity contribution in [3.05, 3.63) is 70.5 Å². The Hall–Kier alpha value is -4.42. The average Bonchev–Trinajstić information content (AvgIpc) is 3.64. The van der Waals surface area contributed by atoms with Gasteiger partial charge in [-0.1, -0.05) is 39.2 Å². The molecule has 0 bridgehead atoms. The molecule has 53 heavy (non-hydrogen) atoms. The molecule has 2 amide bonds. The molecule has 11 nitrogen and oxygen atoms in total. The number of aromatic nitrogens is 3. The van der Waals surface area contributed by atoms with Gasteiger partial charge in [0.25, 0.3) is 11.8 Å². The van der Waals surface area contributed by atoms with Crippen molar-refractivity contribution in [2.45, 2.75) is 83.7 Å². The SMILES string of the molecule is COc1ccc2c(c1)C=C(c1c(C(=O)N3CCOCC3)cnn1C1CCC1)Cn1c-2c(C2CCCCC2)c2ccc(C(=O)NS(=O)(=O)CC(C)C)cc21. The number of benzene rings is 2. The number of allylic oxidation sites excluding steroid dienone is 1. The van der Waals surface area contributed by atoms with Crippen LogP contribution in [-0.2, 0) is 21.3 Å². The van der Waals surface area contributed by atoms with Gasteiger partial charge in [0.2, 0.25) is 10.0 Å². The van der Waals surface area contributed by atoms with Crippen LogP contribution in [0.2, 0.25) is 0 Å². The third-order valence-electron chi connectivity index (χ3n) is 11.4. The fourth-order valence-corrected chi connectivity index (χ4v) is 10.1. The zero-order valence-electron chi connectivity index (χ0n) is 30.9. The number of hydrogen-bond acceptors (Lipinski definition) is 7. The molecule has 2 aliphatic carbocycles. The summed E-state index contributed by atoms with van der Waals surface area (Å²) in [7, 11) is -2.14.